The fraction of sp³-hybridized carbons (Fsp3) is 0.0526. The quantitative estimate of drug-likeness (QED) is 0.0991. The fourth-order valence-corrected chi connectivity index (χ4v) is 5.78. The van der Waals surface area contributed by atoms with Gasteiger partial charge in [-0.1, -0.05) is 54.1 Å². The van der Waals surface area contributed by atoms with Crippen LogP contribution in [0.5, 0.6) is 0 Å². The van der Waals surface area contributed by atoms with E-state index < -0.39 is 17.1 Å². The number of anilines is 2. The van der Waals surface area contributed by atoms with Crippen molar-refractivity contribution < 1.29 is 18.8 Å². The largest absolute Gasteiger partial charge is 0.436 e. The number of hydrogen-bond acceptors (Lipinski definition) is 6. The first-order valence-electron chi connectivity index (χ1n) is 15.0. The van der Waals surface area contributed by atoms with E-state index >= 15 is 0 Å². The van der Waals surface area contributed by atoms with Crippen LogP contribution in [0.2, 0.25) is 5.02 Å². The Kier molecular flexibility index (Phi) is 9.99. The van der Waals surface area contributed by atoms with Crippen molar-refractivity contribution in [3.05, 3.63) is 149 Å². The van der Waals surface area contributed by atoms with Gasteiger partial charge in [-0.05, 0) is 103 Å². The van der Waals surface area contributed by atoms with Gasteiger partial charge in [0, 0.05) is 32.4 Å². The number of amides is 3. The van der Waals surface area contributed by atoms with Gasteiger partial charge >= 0.3 is 0 Å². The van der Waals surface area contributed by atoms with Gasteiger partial charge in [-0.2, -0.15) is 0 Å². The zero-order valence-electron chi connectivity index (χ0n) is 25.6. The Balaban J connectivity index is 1.07. The van der Waals surface area contributed by atoms with E-state index in [1.807, 2.05) is 73.7 Å². The molecule has 5 aromatic carbocycles. The van der Waals surface area contributed by atoms with Gasteiger partial charge < -0.3 is 20.4 Å². The zero-order valence-corrected chi connectivity index (χ0v) is 27.2. The van der Waals surface area contributed by atoms with Crippen LogP contribution in [0.4, 0.5) is 11.4 Å². The highest BCUT2D eigenvalue weighted by atomic mass is 35.5. The number of nitrogens with one attached hydrogen (secondary N) is 3. The molecule has 0 radical (unpaired) electrons. The van der Waals surface area contributed by atoms with Crippen molar-refractivity contribution in [3.63, 3.8) is 0 Å². The second kappa shape index (κ2) is 14.8. The number of fused-ring (bicyclic) bond motifs is 1. The molecule has 6 aromatic rings. The lowest BCUT2D eigenvalue weighted by Crippen LogP contribution is -2.30. The topological polar surface area (TPSA) is 113 Å². The van der Waals surface area contributed by atoms with Crippen LogP contribution >= 0.6 is 23.4 Å². The second-order valence-corrected chi connectivity index (χ2v) is 12.6. The van der Waals surface area contributed by atoms with Gasteiger partial charge in [0.05, 0.1) is 5.25 Å². The number of rotatable bonds is 10. The van der Waals surface area contributed by atoms with Crippen molar-refractivity contribution in [3.8, 4) is 11.5 Å². The molecule has 238 valence electrons. The third-order valence-electron chi connectivity index (χ3n) is 7.18. The van der Waals surface area contributed by atoms with Crippen LogP contribution < -0.4 is 16.0 Å². The molecule has 1 heterocycles. The molecule has 0 saturated carbocycles. The fourth-order valence-electron chi connectivity index (χ4n) is 4.71. The van der Waals surface area contributed by atoms with Gasteiger partial charge in [-0.3, -0.25) is 14.4 Å². The van der Waals surface area contributed by atoms with Gasteiger partial charge in [0.1, 0.15) is 11.2 Å². The molecule has 0 fully saturated rings. The van der Waals surface area contributed by atoms with E-state index in [-0.39, 0.29) is 11.6 Å². The first kappa shape index (κ1) is 32.3. The minimum absolute atomic E-state index is 0.0525. The standard InChI is InChI=1S/C38H29ClN4O4S/c1-24(35(44)40-29-16-14-27(15-17-29)38-43-32-12-5-6-13-34(32)47-38)48-31-20-18-30(19-21-31)41-37(46)33(23-25-8-7-11-28(39)22-25)42-36(45)26-9-3-2-4-10-26/h2-24H,1H3,(H,40,44)(H,41,46)(H,42,45)/b33-23-. The second-order valence-electron chi connectivity index (χ2n) is 10.7. The summed E-state index contributed by atoms with van der Waals surface area (Å²) in [7, 11) is 0. The molecule has 0 bridgehead atoms. The van der Waals surface area contributed by atoms with Crippen LogP contribution in [0.3, 0.4) is 0 Å². The van der Waals surface area contributed by atoms with E-state index in [9.17, 15) is 14.4 Å². The number of thioether (sulfide) groups is 1. The number of aromatic nitrogens is 1. The summed E-state index contributed by atoms with van der Waals surface area (Å²) in [6, 6.07) is 37.6. The highest BCUT2D eigenvalue weighted by Crippen LogP contribution is 2.28. The summed E-state index contributed by atoms with van der Waals surface area (Å²) in [5, 5.41) is 8.61. The number of benzene rings is 5. The van der Waals surface area contributed by atoms with E-state index in [0.29, 0.717) is 39.0 Å². The van der Waals surface area contributed by atoms with Crippen molar-refractivity contribution >= 4 is 69.6 Å². The molecule has 3 N–H and O–H groups in total. The Morgan fingerprint density at radius 1 is 0.792 bits per heavy atom. The maximum Gasteiger partial charge on any atom is 0.272 e. The van der Waals surface area contributed by atoms with Crippen molar-refractivity contribution in [2.45, 2.75) is 17.1 Å². The molecule has 1 aromatic heterocycles. The first-order chi connectivity index (χ1) is 23.3. The molecule has 0 spiro atoms. The number of hydrogen-bond donors (Lipinski definition) is 3. The lowest BCUT2D eigenvalue weighted by Gasteiger charge is -2.14. The van der Waals surface area contributed by atoms with Crippen molar-refractivity contribution in [1.82, 2.24) is 10.3 Å². The monoisotopic (exact) mass is 672 g/mol. The average molecular weight is 673 g/mol. The normalized spacial score (nSPS) is 11.9. The molecule has 48 heavy (non-hydrogen) atoms. The Hall–Kier alpha value is -5.64. The average Bonchev–Trinajstić information content (AvgIpc) is 3.54. The van der Waals surface area contributed by atoms with Gasteiger partial charge in [-0.25, -0.2) is 4.98 Å². The minimum Gasteiger partial charge on any atom is -0.436 e. The minimum atomic E-state index is -0.505. The SMILES string of the molecule is CC(Sc1ccc(NC(=O)/C(=C/c2cccc(Cl)c2)NC(=O)c2ccccc2)cc1)C(=O)Nc1ccc(-c2nc3ccccc3o2)cc1. The van der Waals surface area contributed by atoms with Gasteiger partial charge in [0.25, 0.3) is 11.8 Å². The molecule has 3 amide bonds. The molecule has 10 heteroatoms. The van der Waals surface area contributed by atoms with Crippen LogP contribution in [-0.4, -0.2) is 28.0 Å². The number of carbonyl (C=O) groups is 3. The molecule has 0 aliphatic heterocycles. The van der Waals surface area contributed by atoms with Gasteiger partial charge in [-0.15, -0.1) is 11.8 Å². The van der Waals surface area contributed by atoms with E-state index in [0.717, 1.165) is 16.0 Å². The smallest absolute Gasteiger partial charge is 0.272 e. The summed E-state index contributed by atoms with van der Waals surface area (Å²) in [5.74, 6) is -0.563. The van der Waals surface area contributed by atoms with E-state index in [4.69, 9.17) is 16.0 Å². The van der Waals surface area contributed by atoms with Crippen LogP contribution in [0.25, 0.3) is 28.6 Å². The molecular formula is C38H29ClN4O4S. The van der Waals surface area contributed by atoms with Crippen LogP contribution in [0.15, 0.2) is 142 Å². The Bertz CT molecular complexity index is 2080. The van der Waals surface area contributed by atoms with Crippen molar-refractivity contribution in [1.29, 1.82) is 0 Å². The predicted octanol–water partition coefficient (Wildman–Crippen LogP) is 8.68. The Morgan fingerprint density at radius 3 is 2.21 bits per heavy atom. The maximum atomic E-state index is 13.3. The van der Waals surface area contributed by atoms with Crippen LogP contribution in [0, 0.1) is 0 Å². The molecule has 6 rings (SSSR count). The molecule has 0 saturated heterocycles. The number of para-hydroxylation sites is 2. The summed E-state index contributed by atoms with van der Waals surface area (Å²) in [6.07, 6.45) is 1.57. The molecular weight excluding hydrogens is 644 g/mol. The zero-order chi connectivity index (χ0) is 33.5. The number of oxazole rings is 1. The molecule has 1 atom stereocenters. The van der Waals surface area contributed by atoms with E-state index in [1.165, 1.54) is 11.8 Å². The third kappa shape index (κ3) is 8.19. The number of carbonyl (C=O) groups excluding carboxylic acids is 3. The summed E-state index contributed by atoms with van der Waals surface area (Å²) in [5.41, 5.74) is 4.61. The summed E-state index contributed by atoms with van der Waals surface area (Å²) in [4.78, 5) is 44.6. The molecule has 0 aliphatic rings. The third-order valence-corrected chi connectivity index (χ3v) is 8.52. The predicted molar refractivity (Wildman–Crippen MR) is 192 cm³/mol. The lowest BCUT2D eigenvalue weighted by molar-refractivity contribution is -0.115. The molecule has 0 aliphatic carbocycles. The van der Waals surface area contributed by atoms with Crippen molar-refractivity contribution in [2.75, 3.05) is 10.6 Å². The summed E-state index contributed by atoms with van der Waals surface area (Å²) < 4.78 is 5.83. The van der Waals surface area contributed by atoms with Gasteiger partial charge in [0.15, 0.2) is 5.58 Å². The summed E-state index contributed by atoms with van der Waals surface area (Å²) in [6.45, 7) is 1.82. The Morgan fingerprint density at radius 2 is 1.48 bits per heavy atom. The molecule has 1 unspecified atom stereocenters. The van der Waals surface area contributed by atoms with Crippen LogP contribution in [-0.2, 0) is 9.59 Å². The van der Waals surface area contributed by atoms with Crippen LogP contribution in [0.1, 0.15) is 22.8 Å². The highest BCUT2D eigenvalue weighted by Gasteiger charge is 2.17. The lowest BCUT2D eigenvalue weighted by atomic mass is 10.1. The molecule has 8 nitrogen and oxygen atoms in total. The van der Waals surface area contributed by atoms with E-state index in [1.54, 1.807) is 66.7 Å². The Labute approximate surface area is 286 Å². The van der Waals surface area contributed by atoms with Gasteiger partial charge in [0.2, 0.25) is 11.8 Å². The number of nitrogens with zero attached hydrogens (tertiary/aromatic N) is 1. The highest BCUT2D eigenvalue weighted by molar-refractivity contribution is 8.00. The summed E-state index contributed by atoms with van der Waals surface area (Å²) >= 11 is 7.52. The maximum absolute atomic E-state index is 13.3. The van der Waals surface area contributed by atoms with E-state index in [2.05, 4.69) is 20.9 Å². The van der Waals surface area contributed by atoms with Crippen molar-refractivity contribution in [2.24, 2.45) is 0 Å². The first-order valence-corrected chi connectivity index (χ1v) is 16.2. The number of halogens is 1.